The molecule has 0 amide bonds. The van der Waals surface area contributed by atoms with E-state index in [1.54, 1.807) is 0 Å². The lowest BCUT2D eigenvalue weighted by Gasteiger charge is -2.17. The highest BCUT2D eigenvalue weighted by Crippen LogP contribution is 2.24. The summed E-state index contributed by atoms with van der Waals surface area (Å²) in [5, 5.41) is 4.04. The van der Waals surface area contributed by atoms with Crippen LogP contribution < -0.4 is 10.1 Å². The minimum absolute atomic E-state index is 0.317. The van der Waals surface area contributed by atoms with Gasteiger partial charge in [-0.25, -0.2) is 4.98 Å². The van der Waals surface area contributed by atoms with Crippen LogP contribution in [0.2, 0.25) is 5.02 Å². The van der Waals surface area contributed by atoms with E-state index in [1.807, 2.05) is 12.1 Å². The molecule has 1 heterocycles. The molecule has 0 saturated heterocycles. The summed E-state index contributed by atoms with van der Waals surface area (Å²) in [6, 6.07) is 4.18. The Hall–Kier alpha value is -0.800. The van der Waals surface area contributed by atoms with E-state index in [0.29, 0.717) is 29.6 Å². The molecule has 0 bridgehead atoms. The average molecular weight is 297 g/mol. The predicted molar refractivity (Wildman–Crippen MR) is 83.3 cm³/mol. The van der Waals surface area contributed by atoms with Crippen LogP contribution in [0.5, 0.6) is 5.88 Å². The lowest BCUT2D eigenvalue weighted by molar-refractivity contribution is 0.175. The third-order valence-electron chi connectivity index (χ3n) is 3.66. The Morgan fingerprint density at radius 2 is 1.95 bits per heavy atom. The molecule has 1 aromatic rings. The van der Waals surface area contributed by atoms with Crippen molar-refractivity contribution in [2.24, 2.45) is 0 Å². The summed E-state index contributed by atoms with van der Waals surface area (Å²) in [5.41, 5.74) is 0.867. The van der Waals surface area contributed by atoms with Gasteiger partial charge in [-0.15, -0.1) is 0 Å². The van der Waals surface area contributed by atoms with E-state index in [9.17, 15) is 0 Å². The molecule has 0 aliphatic heterocycles. The minimum atomic E-state index is 0.317. The van der Waals surface area contributed by atoms with E-state index < -0.39 is 0 Å². The lowest BCUT2D eigenvalue weighted by atomic mass is 10.1. The first-order valence-corrected chi connectivity index (χ1v) is 8.08. The third-order valence-corrected chi connectivity index (χ3v) is 4.00. The lowest BCUT2D eigenvalue weighted by Crippen LogP contribution is -2.23. The molecular formula is C16H25ClN2O. The molecule has 0 atom stereocenters. The van der Waals surface area contributed by atoms with E-state index in [0.717, 1.165) is 18.5 Å². The molecule has 0 unspecified atom stereocenters. The molecule has 1 aromatic heterocycles. The number of pyridine rings is 1. The van der Waals surface area contributed by atoms with Gasteiger partial charge >= 0.3 is 0 Å². The van der Waals surface area contributed by atoms with Gasteiger partial charge in [0.05, 0.1) is 10.7 Å². The smallest absolute Gasteiger partial charge is 0.213 e. The fraction of sp³-hybridized carbons (Fsp3) is 0.688. The van der Waals surface area contributed by atoms with Crippen LogP contribution in [0.4, 0.5) is 0 Å². The molecule has 3 nitrogen and oxygen atoms in total. The Morgan fingerprint density at radius 3 is 2.60 bits per heavy atom. The first-order chi connectivity index (χ1) is 9.65. The summed E-state index contributed by atoms with van der Waals surface area (Å²) in [6.07, 6.45) is 7.79. The summed E-state index contributed by atoms with van der Waals surface area (Å²) in [5.74, 6) is 0.710. The molecule has 4 heteroatoms. The van der Waals surface area contributed by atoms with Crippen LogP contribution in [0.25, 0.3) is 0 Å². The van der Waals surface area contributed by atoms with Crippen LogP contribution >= 0.6 is 11.6 Å². The second-order valence-corrected chi connectivity index (χ2v) is 6.25. The second kappa shape index (κ2) is 7.84. The van der Waals surface area contributed by atoms with Gasteiger partial charge in [0.25, 0.3) is 0 Å². The van der Waals surface area contributed by atoms with Gasteiger partial charge in [-0.2, -0.15) is 0 Å². The van der Waals surface area contributed by atoms with Gasteiger partial charge in [-0.05, 0) is 31.7 Å². The summed E-state index contributed by atoms with van der Waals surface area (Å²) in [7, 11) is 0. The molecule has 0 spiro atoms. The molecule has 112 valence electrons. The van der Waals surface area contributed by atoms with Crippen molar-refractivity contribution >= 4 is 11.6 Å². The summed E-state index contributed by atoms with van der Waals surface area (Å²) in [6.45, 7) is 4.90. The third kappa shape index (κ3) is 4.95. The Morgan fingerprint density at radius 1 is 1.25 bits per heavy atom. The topological polar surface area (TPSA) is 34.2 Å². The zero-order valence-corrected chi connectivity index (χ0v) is 13.2. The molecule has 20 heavy (non-hydrogen) atoms. The van der Waals surface area contributed by atoms with Crippen molar-refractivity contribution in [3.05, 3.63) is 22.8 Å². The van der Waals surface area contributed by atoms with Crippen LogP contribution in [0.3, 0.4) is 0 Å². The number of ether oxygens (including phenoxy) is 1. The summed E-state index contributed by atoms with van der Waals surface area (Å²) in [4.78, 5) is 4.55. The summed E-state index contributed by atoms with van der Waals surface area (Å²) < 4.78 is 6.04. The normalized spacial score (nSPS) is 17.2. The Bertz CT molecular complexity index is 415. The van der Waals surface area contributed by atoms with Crippen molar-refractivity contribution in [3.63, 3.8) is 0 Å². The van der Waals surface area contributed by atoms with E-state index >= 15 is 0 Å². The van der Waals surface area contributed by atoms with E-state index in [4.69, 9.17) is 16.3 Å². The Labute approximate surface area is 127 Å². The zero-order chi connectivity index (χ0) is 14.4. The molecule has 1 fully saturated rings. The van der Waals surface area contributed by atoms with Crippen LogP contribution in [0, 0.1) is 0 Å². The first-order valence-electron chi connectivity index (χ1n) is 7.70. The van der Waals surface area contributed by atoms with Crippen molar-refractivity contribution in [1.29, 1.82) is 0 Å². The maximum atomic E-state index is 6.19. The number of halogens is 1. The molecule has 0 radical (unpaired) electrons. The average Bonchev–Trinajstić information content (AvgIpc) is 2.68. The van der Waals surface area contributed by atoms with Gasteiger partial charge in [-0.1, -0.05) is 38.3 Å². The summed E-state index contributed by atoms with van der Waals surface area (Å²) >= 11 is 6.19. The van der Waals surface area contributed by atoms with Gasteiger partial charge < -0.3 is 10.1 Å². The largest absolute Gasteiger partial charge is 0.474 e. The van der Waals surface area contributed by atoms with Gasteiger partial charge in [-0.3, -0.25) is 0 Å². The van der Waals surface area contributed by atoms with Gasteiger partial charge in [0.2, 0.25) is 5.88 Å². The van der Waals surface area contributed by atoms with Gasteiger partial charge in [0.15, 0.2) is 0 Å². The van der Waals surface area contributed by atoms with Crippen molar-refractivity contribution < 1.29 is 4.74 Å². The maximum Gasteiger partial charge on any atom is 0.213 e. The molecule has 2 rings (SSSR count). The van der Waals surface area contributed by atoms with Crippen molar-refractivity contribution in [1.82, 2.24) is 10.3 Å². The number of nitrogens with one attached hydrogen (secondary N) is 1. The highest BCUT2D eigenvalue weighted by molar-refractivity contribution is 6.31. The Kier molecular flexibility index (Phi) is 6.11. The van der Waals surface area contributed by atoms with Crippen LogP contribution in [-0.2, 0) is 6.54 Å². The maximum absolute atomic E-state index is 6.19. The fourth-order valence-electron chi connectivity index (χ4n) is 2.49. The number of aromatic nitrogens is 1. The van der Waals surface area contributed by atoms with Gasteiger partial charge in [0, 0.05) is 18.7 Å². The predicted octanol–water partition coefficient (Wildman–Crippen LogP) is 4.33. The van der Waals surface area contributed by atoms with Crippen molar-refractivity contribution in [2.45, 2.75) is 71.1 Å². The number of rotatable bonds is 5. The molecule has 0 aromatic carbocycles. The SMILES string of the molecule is CC(C)NCc1nc(OC2CCCCCC2)ccc1Cl. The van der Waals surface area contributed by atoms with Crippen LogP contribution in [0.15, 0.2) is 12.1 Å². The minimum Gasteiger partial charge on any atom is -0.474 e. The Balaban J connectivity index is 1.98. The second-order valence-electron chi connectivity index (χ2n) is 5.85. The quantitative estimate of drug-likeness (QED) is 0.821. The first kappa shape index (κ1) is 15.6. The molecule has 1 saturated carbocycles. The van der Waals surface area contributed by atoms with Crippen LogP contribution in [0.1, 0.15) is 58.1 Å². The highest BCUT2D eigenvalue weighted by Gasteiger charge is 2.15. The molecule has 1 N–H and O–H groups in total. The number of hydrogen-bond donors (Lipinski definition) is 1. The van der Waals surface area contributed by atoms with Crippen LogP contribution in [-0.4, -0.2) is 17.1 Å². The molecule has 1 aliphatic carbocycles. The standard InChI is InChI=1S/C16H25ClN2O/c1-12(2)18-11-15-14(17)9-10-16(19-15)20-13-7-5-3-4-6-8-13/h9-10,12-13,18H,3-8,11H2,1-2H3. The van der Waals surface area contributed by atoms with E-state index in [1.165, 1.54) is 25.7 Å². The van der Waals surface area contributed by atoms with Crippen molar-refractivity contribution in [3.8, 4) is 5.88 Å². The number of nitrogens with zero attached hydrogens (tertiary/aromatic N) is 1. The van der Waals surface area contributed by atoms with E-state index in [-0.39, 0.29) is 0 Å². The van der Waals surface area contributed by atoms with E-state index in [2.05, 4.69) is 24.1 Å². The fourth-order valence-corrected chi connectivity index (χ4v) is 2.66. The molecular weight excluding hydrogens is 272 g/mol. The zero-order valence-electron chi connectivity index (χ0n) is 12.5. The van der Waals surface area contributed by atoms with Crippen molar-refractivity contribution in [2.75, 3.05) is 0 Å². The highest BCUT2D eigenvalue weighted by atomic mass is 35.5. The number of hydrogen-bond acceptors (Lipinski definition) is 3. The van der Waals surface area contributed by atoms with Gasteiger partial charge in [0.1, 0.15) is 6.10 Å². The molecule has 1 aliphatic rings. The monoisotopic (exact) mass is 296 g/mol.